The summed E-state index contributed by atoms with van der Waals surface area (Å²) in [6.45, 7) is 2.20. The zero-order valence-electron chi connectivity index (χ0n) is 15.1. The molecule has 3 N–H and O–H groups in total. The van der Waals surface area contributed by atoms with Gasteiger partial charge >= 0.3 is 6.09 Å². The number of pyridine rings is 1. The molecule has 0 aliphatic heterocycles. The van der Waals surface area contributed by atoms with Crippen LogP contribution in [-0.4, -0.2) is 34.3 Å². The van der Waals surface area contributed by atoms with Crippen LogP contribution in [0.25, 0.3) is 11.1 Å². The molecule has 146 valence electrons. The number of carboxylic acid groups (broad SMARTS) is 1. The number of oxazole rings is 1. The maximum atomic E-state index is 12.8. The Kier molecular flexibility index (Phi) is 6.05. The first-order valence-electron chi connectivity index (χ1n) is 8.48. The Bertz CT molecular complexity index is 1000. The fraction of sp³-hybridized carbons (Fsp3) is 0.211. The summed E-state index contributed by atoms with van der Waals surface area (Å²) >= 11 is 0. The van der Waals surface area contributed by atoms with E-state index in [-0.39, 0.29) is 18.7 Å². The average Bonchev–Trinajstić information content (AvgIpc) is 3.09. The van der Waals surface area contributed by atoms with Crippen molar-refractivity contribution < 1.29 is 23.4 Å². The van der Waals surface area contributed by atoms with Crippen LogP contribution in [0.5, 0.6) is 5.75 Å². The minimum atomic E-state index is -1.23. The van der Waals surface area contributed by atoms with Gasteiger partial charge < -0.3 is 24.9 Å². The highest BCUT2D eigenvalue weighted by molar-refractivity contribution is 5.76. The van der Waals surface area contributed by atoms with Gasteiger partial charge in [-0.05, 0) is 30.7 Å². The lowest BCUT2D eigenvalue weighted by molar-refractivity contribution is 0.195. The summed E-state index contributed by atoms with van der Waals surface area (Å²) in [4.78, 5) is 19.1. The molecule has 0 aliphatic rings. The van der Waals surface area contributed by atoms with Crippen molar-refractivity contribution in [1.29, 1.82) is 0 Å². The highest BCUT2D eigenvalue weighted by atomic mass is 19.1. The molecule has 0 fully saturated rings. The zero-order valence-corrected chi connectivity index (χ0v) is 15.1. The summed E-state index contributed by atoms with van der Waals surface area (Å²) in [7, 11) is 0. The number of ether oxygens (including phenoxy) is 1. The predicted octanol–water partition coefficient (Wildman–Crippen LogP) is 3.64. The Morgan fingerprint density at radius 1 is 1.39 bits per heavy atom. The largest absolute Gasteiger partial charge is 0.489 e. The van der Waals surface area contributed by atoms with Crippen LogP contribution in [0.4, 0.5) is 15.2 Å². The smallest absolute Gasteiger partial charge is 0.404 e. The number of carbonyl (C=O) groups is 1. The molecule has 9 heteroatoms. The number of rotatable bonds is 8. The van der Waals surface area contributed by atoms with Crippen molar-refractivity contribution in [2.45, 2.75) is 13.5 Å². The van der Waals surface area contributed by atoms with Gasteiger partial charge in [0.1, 0.15) is 17.9 Å². The predicted molar refractivity (Wildman–Crippen MR) is 101 cm³/mol. The van der Waals surface area contributed by atoms with E-state index < -0.39 is 6.09 Å². The molecule has 0 spiro atoms. The second-order valence-corrected chi connectivity index (χ2v) is 5.96. The zero-order chi connectivity index (χ0) is 19.9. The number of amides is 1. The van der Waals surface area contributed by atoms with Gasteiger partial charge in [-0.3, -0.25) is 4.98 Å². The fourth-order valence-electron chi connectivity index (χ4n) is 2.43. The van der Waals surface area contributed by atoms with E-state index in [1.807, 2.05) is 19.1 Å². The molecular weight excluding hydrogens is 367 g/mol. The molecular formula is C19H19FN4O4. The third-order valence-electron chi connectivity index (χ3n) is 3.95. The lowest BCUT2D eigenvalue weighted by Gasteiger charge is -2.08. The lowest BCUT2D eigenvalue weighted by atomic mass is 10.2. The van der Waals surface area contributed by atoms with Gasteiger partial charge in [0, 0.05) is 36.6 Å². The number of anilines is 1. The second-order valence-electron chi connectivity index (χ2n) is 5.96. The number of fused-ring (bicyclic) bond motifs is 1. The van der Waals surface area contributed by atoms with Crippen LogP contribution < -0.4 is 15.4 Å². The monoisotopic (exact) mass is 386 g/mol. The van der Waals surface area contributed by atoms with E-state index in [9.17, 15) is 9.18 Å². The number of aryl methyl sites for hydroxylation is 1. The highest BCUT2D eigenvalue weighted by Gasteiger charge is 2.09. The summed E-state index contributed by atoms with van der Waals surface area (Å²) in [6, 6.07) is 9.25. The fourth-order valence-corrected chi connectivity index (χ4v) is 2.43. The normalized spacial score (nSPS) is 11.4. The molecule has 0 atom stereocenters. The Morgan fingerprint density at radius 3 is 3.00 bits per heavy atom. The Morgan fingerprint density at radius 2 is 2.25 bits per heavy atom. The van der Waals surface area contributed by atoms with Crippen LogP contribution in [-0.2, 0) is 6.54 Å². The van der Waals surface area contributed by atoms with E-state index in [1.165, 1.54) is 0 Å². The van der Waals surface area contributed by atoms with E-state index in [1.54, 1.807) is 24.4 Å². The number of hydrogen-bond donors (Lipinski definition) is 3. The van der Waals surface area contributed by atoms with Crippen molar-refractivity contribution in [3.8, 4) is 5.75 Å². The van der Waals surface area contributed by atoms with Crippen LogP contribution in [0.2, 0.25) is 0 Å². The summed E-state index contributed by atoms with van der Waals surface area (Å²) in [5, 5.41) is 13.8. The first kappa shape index (κ1) is 19.2. The molecule has 1 amide bonds. The average molecular weight is 386 g/mol. The molecule has 2 aromatic heterocycles. The molecule has 0 saturated carbocycles. The molecule has 0 bridgehead atoms. The number of halogens is 1. The van der Waals surface area contributed by atoms with Gasteiger partial charge in [0.15, 0.2) is 5.58 Å². The first-order chi connectivity index (χ1) is 13.5. The summed E-state index contributed by atoms with van der Waals surface area (Å²) in [6.07, 6.45) is 0.829. The van der Waals surface area contributed by atoms with E-state index >= 15 is 0 Å². The maximum Gasteiger partial charge on any atom is 0.404 e. The van der Waals surface area contributed by atoms with Crippen LogP contribution >= 0.6 is 0 Å². The summed E-state index contributed by atoms with van der Waals surface area (Å²) in [5.74, 6) is 0.452. The van der Waals surface area contributed by atoms with Gasteiger partial charge in [0.2, 0.25) is 0 Å². The highest BCUT2D eigenvalue weighted by Crippen LogP contribution is 2.24. The van der Waals surface area contributed by atoms with E-state index in [0.29, 0.717) is 35.7 Å². The van der Waals surface area contributed by atoms with E-state index in [0.717, 1.165) is 11.3 Å². The van der Waals surface area contributed by atoms with Crippen LogP contribution in [0.15, 0.2) is 52.8 Å². The van der Waals surface area contributed by atoms with Crippen molar-refractivity contribution in [3.05, 3.63) is 59.7 Å². The Hall–Kier alpha value is -3.62. The van der Waals surface area contributed by atoms with Crippen molar-refractivity contribution >= 4 is 23.2 Å². The summed E-state index contributed by atoms with van der Waals surface area (Å²) < 4.78 is 24.0. The minimum Gasteiger partial charge on any atom is -0.489 e. The topological polar surface area (TPSA) is 110 Å². The molecule has 0 radical (unpaired) electrons. The van der Waals surface area contributed by atoms with Crippen molar-refractivity contribution in [2.75, 3.05) is 18.5 Å². The quantitative estimate of drug-likeness (QED) is 0.542. The molecule has 8 nitrogen and oxygen atoms in total. The van der Waals surface area contributed by atoms with E-state index in [2.05, 4.69) is 20.6 Å². The van der Waals surface area contributed by atoms with Crippen molar-refractivity contribution in [3.63, 3.8) is 0 Å². The number of aromatic nitrogens is 2. The molecule has 0 unspecified atom stereocenters. The molecule has 0 aliphatic carbocycles. The molecule has 1 aromatic carbocycles. The van der Waals surface area contributed by atoms with Gasteiger partial charge in [-0.15, -0.1) is 0 Å². The number of nitrogens with one attached hydrogen (secondary N) is 2. The SMILES string of the molecule is Cc1ncccc1CNc1nc2ccc(OC/C(=C\F)CNC(=O)O)cc2o1. The maximum absolute atomic E-state index is 12.8. The molecule has 0 saturated heterocycles. The standard InChI is InChI=1S/C19H19FN4O4/c1-12-14(3-2-6-21-12)10-22-18-24-16-5-4-15(7-17(16)28-18)27-11-13(8-20)9-23-19(25)26/h2-8,23H,9-11H2,1H3,(H,22,24)(H,25,26)/b13-8-. The number of benzene rings is 1. The van der Waals surface area contributed by atoms with Gasteiger partial charge in [0.25, 0.3) is 6.01 Å². The third kappa shape index (κ3) is 4.97. The van der Waals surface area contributed by atoms with Gasteiger partial charge in [-0.2, -0.15) is 4.98 Å². The van der Waals surface area contributed by atoms with Gasteiger partial charge in [-0.1, -0.05) is 6.07 Å². The minimum absolute atomic E-state index is 0.0954. The van der Waals surface area contributed by atoms with Gasteiger partial charge in [0.05, 0.1) is 6.33 Å². The van der Waals surface area contributed by atoms with Crippen molar-refractivity contribution in [2.24, 2.45) is 0 Å². The van der Waals surface area contributed by atoms with Crippen LogP contribution in [0, 0.1) is 6.92 Å². The first-order valence-corrected chi connectivity index (χ1v) is 8.48. The molecule has 3 aromatic rings. The van der Waals surface area contributed by atoms with E-state index in [4.69, 9.17) is 14.3 Å². The lowest BCUT2D eigenvalue weighted by Crippen LogP contribution is -2.25. The third-order valence-corrected chi connectivity index (χ3v) is 3.95. The Balaban J connectivity index is 1.62. The van der Waals surface area contributed by atoms with Crippen LogP contribution in [0.1, 0.15) is 11.3 Å². The van der Waals surface area contributed by atoms with Gasteiger partial charge in [-0.25, -0.2) is 9.18 Å². The Labute approximate surface area is 160 Å². The molecule has 2 heterocycles. The molecule has 3 rings (SSSR count). The molecule has 28 heavy (non-hydrogen) atoms. The summed E-state index contributed by atoms with van der Waals surface area (Å²) in [5.41, 5.74) is 3.28. The van der Waals surface area contributed by atoms with Crippen molar-refractivity contribution in [1.82, 2.24) is 15.3 Å². The number of hydrogen-bond acceptors (Lipinski definition) is 6. The van der Waals surface area contributed by atoms with Crippen LogP contribution in [0.3, 0.4) is 0 Å². The second kappa shape index (κ2) is 8.85. The number of nitrogens with zero attached hydrogens (tertiary/aromatic N) is 2.